The van der Waals surface area contributed by atoms with E-state index in [9.17, 15) is 13.2 Å². The zero-order valence-corrected chi connectivity index (χ0v) is 25.3. The number of hydrogen-bond donors (Lipinski definition) is 0. The number of ether oxygens (including phenoxy) is 1. The van der Waals surface area contributed by atoms with E-state index < -0.39 is 11.7 Å². The number of alkyl halides is 3. The van der Waals surface area contributed by atoms with Gasteiger partial charge in [0.15, 0.2) is 0 Å². The van der Waals surface area contributed by atoms with Crippen LogP contribution in [0.15, 0.2) is 78.9 Å². The molecule has 3 aromatic carbocycles. The minimum absolute atomic E-state index is 0.0295. The van der Waals surface area contributed by atoms with E-state index >= 15 is 0 Å². The molecular weight excluding hydrogens is 533 g/mol. The lowest BCUT2D eigenvalue weighted by molar-refractivity contribution is -0.137. The van der Waals surface area contributed by atoms with Gasteiger partial charge in [0, 0.05) is 42.5 Å². The standard InChI is InChI=1S/C36H41F3N2O/c1-6-29-14-11-15-30(7-2)35(29)33-22-34(42-25(3)4)32(26(5)40-33)24-41(21-20-27-12-9-8-10-13-27)23-28-16-18-31(19-17-28)36(37,38)39/h8-19,22,25H,6-7,20-21,23-24H2,1-5H3. The van der Waals surface area contributed by atoms with Crippen molar-refractivity contribution in [3.63, 3.8) is 0 Å². The number of hydrogen-bond acceptors (Lipinski definition) is 3. The molecule has 0 radical (unpaired) electrons. The summed E-state index contributed by atoms with van der Waals surface area (Å²) in [5, 5.41) is 0. The smallest absolute Gasteiger partial charge is 0.416 e. The zero-order valence-electron chi connectivity index (χ0n) is 25.3. The normalized spacial score (nSPS) is 11.9. The second-order valence-electron chi connectivity index (χ2n) is 11.0. The molecule has 0 aliphatic rings. The Morgan fingerprint density at radius 3 is 2.02 bits per heavy atom. The molecule has 3 nitrogen and oxygen atoms in total. The maximum atomic E-state index is 13.2. The van der Waals surface area contributed by atoms with Gasteiger partial charge in [-0.3, -0.25) is 9.88 Å². The number of aryl methyl sites for hydroxylation is 3. The van der Waals surface area contributed by atoms with E-state index in [4.69, 9.17) is 9.72 Å². The average Bonchev–Trinajstić information content (AvgIpc) is 2.97. The van der Waals surface area contributed by atoms with Gasteiger partial charge in [-0.1, -0.05) is 74.5 Å². The van der Waals surface area contributed by atoms with Crippen molar-refractivity contribution in [2.75, 3.05) is 6.54 Å². The number of halogens is 3. The number of aromatic nitrogens is 1. The first-order valence-corrected chi connectivity index (χ1v) is 14.8. The maximum Gasteiger partial charge on any atom is 0.416 e. The predicted molar refractivity (Wildman–Crippen MR) is 165 cm³/mol. The number of benzene rings is 3. The molecule has 1 aromatic heterocycles. The van der Waals surface area contributed by atoms with Crippen molar-refractivity contribution in [2.45, 2.75) is 79.3 Å². The first-order valence-electron chi connectivity index (χ1n) is 14.8. The molecule has 4 rings (SSSR count). The topological polar surface area (TPSA) is 25.4 Å². The average molecular weight is 575 g/mol. The second-order valence-corrected chi connectivity index (χ2v) is 11.0. The Morgan fingerprint density at radius 2 is 1.45 bits per heavy atom. The van der Waals surface area contributed by atoms with Crippen LogP contribution in [0.25, 0.3) is 11.3 Å². The van der Waals surface area contributed by atoms with E-state index in [0.29, 0.717) is 13.1 Å². The van der Waals surface area contributed by atoms with Crippen molar-refractivity contribution in [3.8, 4) is 17.0 Å². The summed E-state index contributed by atoms with van der Waals surface area (Å²) in [5.41, 5.74) is 7.91. The van der Waals surface area contributed by atoms with Gasteiger partial charge in [-0.25, -0.2) is 0 Å². The minimum atomic E-state index is -4.35. The van der Waals surface area contributed by atoms with Crippen molar-refractivity contribution in [3.05, 3.63) is 118 Å². The molecule has 42 heavy (non-hydrogen) atoms. The Labute approximate surface area is 248 Å². The van der Waals surface area contributed by atoms with Crippen LogP contribution >= 0.6 is 0 Å². The summed E-state index contributed by atoms with van der Waals surface area (Å²) in [6.45, 7) is 12.2. The first-order chi connectivity index (χ1) is 20.1. The van der Waals surface area contributed by atoms with Gasteiger partial charge in [0.25, 0.3) is 0 Å². The second kappa shape index (κ2) is 14.0. The molecule has 4 aromatic rings. The summed E-state index contributed by atoms with van der Waals surface area (Å²) in [6.07, 6.45) is -1.75. The summed E-state index contributed by atoms with van der Waals surface area (Å²) < 4.78 is 46.0. The molecule has 0 atom stereocenters. The Balaban J connectivity index is 1.71. The fraction of sp³-hybridized carbons (Fsp3) is 0.361. The van der Waals surface area contributed by atoms with Gasteiger partial charge in [0.05, 0.1) is 17.4 Å². The van der Waals surface area contributed by atoms with Crippen molar-refractivity contribution >= 4 is 0 Å². The highest BCUT2D eigenvalue weighted by molar-refractivity contribution is 5.70. The van der Waals surface area contributed by atoms with Crippen molar-refractivity contribution in [2.24, 2.45) is 0 Å². The highest BCUT2D eigenvalue weighted by atomic mass is 19.4. The molecule has 0 saturated heterocycles. The highest BCUT2D eigenvalue weighted by Gasteiger charge is 2.30. The Bertz CT molecular complexity index is 1430. The van der Waals surface area contributed by atoms with Crippen LogP contribution in [-0.4, -0.2) is 22.5 Å². The van der Waals surface area contributed by atoms with Gasteiger partial charge >= 0.3 is 6.18 Å². The lowest BCUT2D eigenvalue weighted by Crippen LogP contribution is -2.26. The van der Waals surface area contributed by atoms with Crippen LogP contribution in [0.1, 0.15) is 66.8 Å². The van der Waals surface area contributed by atoms with E-state index in [-0.39, 0.29) is 6.10 Å². The van der Waals surface area contributed by atoms with Gasteiger partial charge in [0.1, 0.15) is 5.75 Å². The van der Waals surface area contributed by atoms with Crippen molar-refractivity contribution in [1.82, 2.24) is 9.88 Å². The quantitative estimate of drug-likeness (QED) is 0.169. The van der Waals surface area contributed by atoms with Gasteiger partial charge in [-0.05, 0) is 74.4 Å². The number of rotatable bonds is 12. The maximum absolute atomic E-state index is 13.2. The lowest BCUT2D eigenvalue weighted by atomic mass is 9.94. The third kappa shape index (κ3) is 8.01. The summed E-state index contributed by atoms with van der Waals surface area (Å²) in [7, 11) is 0. The van der Waals surface area contributed by atoms with Gasteiger partial charge in [-0.2, -0.15) is 13.2 Å². The Morgan fingerprint density at radius 1 is 0.810 bits per heavy atom. The first kappa shape index (κ1) is 31.3. The molecule has 0 saturated carbocycles. The number of nitrogens with zero attached hydrogens (tertiary/aromatic N) is 2. The summed E-state index contributed by atoms with van der Waals surface area (Å²) in [5.74, 6) is 0.803. The zero-order chi connectivity index (χ0) is 30.3. The number of pyridine rings is 1. The van der Waals surface area contributed by atoms with Gasteiger partial charge in [-0.15, -0.1) is 0 Å². The van der Waals surface area contributed by atoms with Gasteiger partial charge < -0.3 is 4.74 Å². The van der Waals surface area contributed by atoms with Crippen LogP contribution in [-0.2, 0) is 38.5 Å². The van der Waals surface area contributed by atoms with E-state index in [1.807, 2.05) is 39.0 Å². The molecular formula is C36H41F3N2O. The third-order valence-electron chi connectivity index (χ3n) is 7.54. The molecule has 0 spiro atoms. The molecule has 0 aliphatic carbocycles. The Hall–Kier alpha value is -3.64. The van der Waals surface area contributed by atoms with Gasteiger partial charge in [0.2, 0.25) is 0 Å². The van der Waals surface area contributed by atoms with Crippen LogP contribution in [0.3, 0.4) is 0 Å². The lowest BCUT2D eigenvalue weighted by Gasteiger charge is -2.26. The van der Waals surface area contributed by atoms with Crippen LogP contribution in [0, 0.1) is 6.92 Å². The molecule has 222 valence electrons. The molecule has 6 heteroatoms. The molecule has 1 heterocycles. The summed E-state index contributed by atoms with van der Waals surface area (Å²) in [4.78, 5) is 7.38. The van der Waals surface area contributed by atoms with E-state index in [2.05, 4.69) is 55.1 Å². The monoisotopic (exact) mass is 574 g/mol. The van der Waals surface area contributed by atoms with Crippen LogP contribution in [0.5, 0.6) is 5.75 Å². The van der Waals surface area contributed by atoms with E-state index in [1.54, 1.807) is 12.1 Å². The van der Waals surface area contributed by atoms with Crippen LogP contribution < -0.4 is 4.74 Å². The third-order valence-corrected chi connectivity index (χ3v) is 7.54. The molecule has 0 N–H and O–H groups in total. The largest absolute Gasteiger partial charge is 0.491 e. The molecule has 0 bridgehead atoms. The van der Waals surface area contributed by atoms with Crippen LogP contribution in [0.2, 0.25) is 0 Å². The van der Waals surface area contributed by atoms with Crippen molar-refractivity contribution in [1.29, 1.82) is 0 Å². The predicted octanol–water partition coefficient (Wildman–Crippen LogP) is 9.23. The highest BCUT2D eigenvalue weighted by Crippen LogP contribution is 2.34. The van der Waals surface area contributed by atoms with Crippen molar-refractivity contribution < 1.29 is 17.9 Å². The summed E-state index contributed by atoms with van der Waals surface area (Å²) >= 11 is 0. The fourth-order valence-electron chi connectivity index (χ4n) is 5.35. The molecule has 0 fully saturated rings. The SMILES string of the molecule is CCc1cccc(CC)c1-c1cc(OC(C)C)c(CN(CCc2ccccc2)Cc2ccc(C(F)(F)F)cc2)c(C)n1. The van der Waals surface area contributed by atoms with E-state index in [0.717, 1.165) is 66.2 Å². The molecule has 0 aliphatic heterocycles. The fourth-order valence-corrected chi connectivity index (χ4v) is 5.35. The Kier molecular flexibility index (Phi) is 10.4. The molecule has 0 unspecified atom stereocenters. The summed E-state index contributed by atoms with van der Waals surface area (Å²) in [6, 6.07) is 24.2. The van der Waals surface area contributed by atoms with Crippen LogP contribution in [0.4, 0.5) is 13.2 Å². The minimum Gasteiger partial charge on any atom is -0.491 e. The molecule has 0 amide bonds. The van der Waals surface area contributed by atoms with E-state index in [1.165, 1.54) is 22.3 Å².